The zero-order chi connectivity index (χ0) is 12.3. The van der Waals surface area contributed by atoms with Crippen LogP contribution in [0.1, 0.15) is 52.0 Å². The van der Waals surface area contributed by atoms with Crippen LogP contribution in [-0.2, 0) is 5.41 Å². The second-order valence-corrected chi connectivity index (χ2v) is 5.95. The van der Waals surface area contributed by atoms with Gasteiger partial charge in [0.15, 0.2) is 0 Å². The molecule has 1 aliphatic carbocycles. The predicted octanol–water partition coefficient (Wildman–Crippen LogP) is 4.51. The Kier molecular flexibility index (Phi) is 3.76. The van der Waals surface area contributed by atoms with Crippen molar-refractivity contribution in [3.63, 3.8) is 0 Å². The van der Waals surface area contributed by atoms with Crippen LogP contribution >= 0.6 is 0 Å². The van der Waals surface area contributed by atoms with Crippen molar-refractivity contribution in [1.29, 1.82) is 0 Å². The second-order valence-electron chi connectivity index (χ2n) is 5.95. The third-order valence-electron chi connectivity index (χ3n) is 3.38. The van der Waals surface area contributed by atoms with Crippen molar-refractivity contribution in [2.45, 2.75) is 58.0 Å². The molecule has 1 fully saturated rings. The monoisotopic (exact) mass is 231 g/mol. The third kappa shape index (κ3) is 3.49. The zero-order valence-electron chi connectivity index (χ0n) is 11.2. The number of hydrogen-bond donors (Lipinski definition) is 0. The van der Waals surface area contributed by atoms with Crippen molar-refractivity contribution in [3.05, 3.63) is 36.2 Å². The van der Waals surface area contributed by atoms with Crippen LogP contribution < -0.4 is 4.74 Å². The first-order valence-corrected chi connectivity index (χ1v) is 6.66. The average Bonchev–Trinajstić information content (AvgIpc) is 2.30. The smallest absolute Gasteiger partial charge is 0.119 e. The van der Waals surface area contributed by atoms with Crippen molar-refractivity contribution >= 4 is 0 Å². The maximum absolute atomic E-state index is 5.97. The summed E-state index contributed by atoms with van der Waals surface area (Å²) >= 11 is 0. The highest BCUT2D eigenvalue weighted by atomic mass is 16.5. The highest BCUT2D eigenvalue weighted by Gasteiger charge is 2.16. The van der Waals surface area contributed by atoms with Crippen LogP contribution in [0, 0.1) is 6.42 Å². The van der Waals surface area contributed by atoms with Gasteiger partial charge in [-0.25, -0.2) is 0 Å². The van der Waals surface area contributed by atoms with Crippen molar-refractivity contribution in [1.82, 2.24) is 0 Å². The van der Waals surface area contributed by atoms with E-state index in [2.05, 4.69) is 51.5 Å². The van der Waals surface area contributed by atoms with Crippen molar-refractivity contribution in [3.8, 4) is 5.75 Å². The SMILES string of the molecule is CC(C)(C)c1ccc(OC2[CH]CCCC2)cc1. The van der Waals surface area contributed by atoms with E-state index in [0.717, 1.165) is 5.75 Å². The van der Waals surface area contributed by atoms with E-state index in [1.54, 1.807) is 0 Å². The minimum absolute atomic E-state index is 0.218. The van der Waals surface area contributed by atoms with E-state index in [0.29, 0.717) is 6.10 Å². The summed E-state index contributed by atoms with van der Waals surface area (Å²) in [4.78, 5) is 0. The molecule has 1 aromatic carbocycles. The van der Waals surface area contributed by atoms with Gasteiger partial charge in [-0.1, -0.05) is 39.3 Å². The molecule has 1 atom stereocenters. The number of rotatable bonds is 2. The van der Waals surface area contributed by atoms with Gasteiger partial charge < -0.3 is 4.74 Å². The molecule has 0 amide bonds. The molecule has 1 saturated carbocycles. The molecule has 1 heteroatoms. The van der Waals surface area contributed by atoms with Gasteiger partial charge in [0.1, 0.15) is 11.9 Å². The van der Waals surface area contributed by atoms with Gasteiger partial charge in [-0.15, -0.1) is 0 Å². The van der Waals surface area contributed by atoms with Crippen LogP contribution in [0.3, 0.4) is 0 Å². The van der Waals surface area contributed by atoms with Crippen LogP contribution in [0.2, 0.25) is 0 Å². The number of ether oxygens (including phenoxy) is 1. The average molecular weight is 231 g/mol. The van der Waals surface area contributed by atoms with Crippen LogP contribution in [0.4, 0.5) is 0 Å². The second kappa shape index (κ2) is 5.12. The number of benzene rings is 1. The minimum Gasteiger partial charge on any atom is -0.490 e. The largest absolute Gasteiger partial charge is 0.490 e. The molecular formula is C16H23O. The van der Waals surface area contributed by atoms with Gasteiger partial charge in [0.05, 0.1) is 0 Å². The fourth-order valence-corrected chi connectivity index (χ4v) is 2.23. The van der Waals surface area contributed by atoms with Gasteiger partial charge in [0, 0.05) is 6.42 Å². The Labute approximate surface area is 105 Å². The van der Waals surface area contributed by atoms with E-state index >= 15 is 0 Å². The van der Waals surface area contributed by atoms with Crippen molar-refractivity contribution < 1.29 is 4.74 Å². The highest BCUT2D eigenvalue weighted by molar-refractivity contribution is 5.31. The van der Waals surface area contributed by atoms with Crippen LogP contribution in [-0.4, -0.2) is 6.10 Å². The predicted molar refractivity (Wildman–Crippen MR) is 72.3 cm³/mol. The molecule has 0 saturated heterocycles. The lowest BCUT2D eigenvalue weighted by Gasteiger charge is -2.24. The third-order valence-corrected chi connectivity index (χ3v) is 3.38. The summed E-state index contributed by atoms with van der Waals surface area (Å²) in [5, 5.41) is 0. The van der Waals surface area contributed by atoms with Crippen molar-refractivity contribution in [2.75, 3.05) is 0 Å². The van der Waals surface area contributed by atoms with Gasteiger partial charge in [-0.3, -0.25) is 0 Å². The van der Waals surface area contributed by atoms with E-state index in [1.165, 1.54) is 31.2 Å². The lowest BCUT2D eigenvalue weighted by Crippen LogP contribution is -2.20. The van der Waals surface area contributed by atoms with Crippen LogP contribution in [0.5, 0.6) is 5.75 Å². The Morgan fingerprint density at radius 3 is 2.29 bits per heavy atom. The maximum Gasteiger partial charge on any atom is 0.119 e. The molecule has 0 spiro atoms. The van der Waals surface area contributed by atoms with Gasteiger partial charge in [-0.2, -0.15) is 0 Å². The Morgan fingerprint density at radius 2 is 1.76 bits per heavy atom. The van der Waals surface area contributed by atoms with Crippen molar-refractivity contribution in [2.24, 2.45) is 0 Å². The van der Waals surface area contributed by atoms with E-state index in [9.17, 15) is 0 Å². The molecule has 0 aliphatic heterocycles. The molecule has 1 aliphatic rings. The van der Waals surface area contributed by atoms with Gasteiger partial charge in [-0.05, 0) is 42.4 Å². The summed E-state index contributed by atoms with van der Waals surface area (Å²) in [5.74, 6) is 1.00. The molecule has 93 valence electrons. The molecule has 0 N–H and O–H groups in total. The zero-order valence-corrected chi connectivity index (χ0v) is 11.2. The first-order chi connectivity index (χ1) is 8.05. The minimum atomic E-state index is 0.218. The summed E-state index contributed by atoms with van der Waals surface area (Å²) < 4.78 is 5.97. The summed E-state index contributed by atoms with van der Waals surface area (Å²) in [6.07, 6.45) is 7.61. The Morgan fingerprint density at radius 1 is 1.06 bits per heavy atom. The molecule has 0 heterocycles. The molecular weight excluding hydrogens is 208 g/mol. The quantitative estimate of drug-likeness (QED) is 0.727. The summed E-state index contributed by atoms with van der Waals surface area (Å²) in [6.45, 7) is 6.70. The first-order valence-electron chi connectivity index (χ1n) is 6.66. The molecule has 1 nitrogen and oxygen atoms in total. The molecule has 1 unspecified atom stereocenters. The Balaban J connectivity index is 1.98. The fraction of sp³-hybridized carbons (Fsp3) is 0.562. The van der Waals surface area contributed by atoms with E-state index < -0.39 is 0 Å². The van der Waals surface area contributed by atoms with E-state index in [4.69, 9.17) is 4.74 Å². The van der Waals surface area contributed by atoms with Gasteiger partial charge >= 0.3 is 0 Å². The molecule has 1 radical (unpaired) electrons. The lowest BCUT2D eigenvalue weighted by molar-refractivity contribution is 0.199. The molecule has 0 aromatic heterocycles. The van der Waals surface area contributed by atoms with E-state index in [-0.39, 0.29) is 5.41 Å². The van der Waals surface area contributed by atoms with E-state index in [1.807, 2.05) is 0 Å². The maximum atomic E-state index is 5.97. The van der Waals surface area contributed by atoms with Gasteiger partial charge in [0.2, 0.25) is 0 Å². The normalized spacial score (nSPS) is 18.1. The topological polar surface area (TPSA) is 9.23 Å². The Hall–Kier alpha value is -0.980. The van der Waals surface area contributed by atoms with Gasteiger partial charge in [0.25, 0.3) is 0 Å². The fourth-order valence-electron chi connectivity index (χ4n) is 2.23. The highest BCUT2D eigenvalue weighted by Crippen LogP contribution is 2.26. The standard InChI is InChI=1S/C16H23O/c1-16(2,3)13-9-11-15(12-10-13)17-14-7-5-4-6-8-14/h7,9-12,14H,4-6,8H2,1-3H3. The Bertz CT molecular complexity index is 339. The number of hydrogen-bond acceptors (Lipinski definition) is 1. The van der Waals surface area contributed by atoms with Crippen LogP contribution in [0.15, 0.2) is 24.3 Å². The molecule has 1 aromatic rings. The molecule has 0 bridgehead atoms. The summed E-state index contributed by atoms with van der Waals surface area (Å²) in [5.41, 5.74) is 1.58. The summed E-state index contributed by atoms with van der Waals surface area (Å²) in [7, 11) is 0. The summed E-state index contributed by atoms with van der Waals surface area (Å²) in [6, 6.07) is 8.56. The molecule has 17 heavy (non-hydrogen) atoms. The van der Waals surface area contributed by atoms with Crippen LogP contribution in [0.25, 0.3) is 0 Å². The lowest BCUT2D eigenvalue weighted by atomic mass is 9.87. The first kappa shape index (κ1) is 12.5. The molecule has 2 rings (SSSR count).